The van der Waals surface area contributed by atoms with Gasteiger partial charge in [-0.2, -0.15) is 0 Å². The summed E-state index contributed by atoms with van der Waals surface area (Å²) in [6, 6.07) is 15.2. The Bertz CT molecular complexity index is 657. The largest absolute Gasteiger partial charge is 0.365 e. The van der Waals surface area contributed by atoms with Crippen molar-refractivity contribution in [1.82, 2.24) is 5.32 Å². The lowest BCUT2D eigenvalue weighted by Crippen LogP contribution is -2.28. The third-order valence-corrected chi connectivity index (χ3v) is 3.76. The highest BCUT2D eigenvalue weighted by atomic mass is 16.6. The van der Waals surface area contributed by atoms with E-state index >= 15 is 0 Å². The van der Waals surface area contributed by atoms with Crippen LogP contribution in [0.4, 0.5) is 11.4 Å². The Morgan fingerprint density at radius 3 is 2.76 bits per heavy atom. The minimum absolute atomic E-state index is 0.187. The molecule has 0 radical (unpaired) electrons. The fraction of sp³-hybridized carbons (Fsp3) is 0.250. The van der Waals surface area contributed by atoms with Gasteiger partial charge in [0.25, 0.3) is 5.69 Å². The summed E-state index contributed by atoms with van der Waals surface area (Å²) in [5.74, 6) is 0. The summed E-state index contributed by atoms with van der Waals surface area (Å²) < 4.78 is 0. The molecule has 21 heavy (non-hydrogen) atoms. The molecule has 0 fully saturated rings. The predicted molar refractivity (Wildman–Crippen MR) is 82.3 cm³/mol. The van der Waals surface area contributed by atoms with Crippen molar-refractivity contribution in [3.8, 4) is 0 Å². The molecule has 0 aromatic heterocycles. The fourth-order valence-corrected chi connectivity index (χ4v) is 2.72. The fourth-order valence-electron chi connectivity index (χ4n) is 2.72. The molecule has 5 nitrogen and oxygen atoms in total. The third-order valence-electron chi connectivity index (χ3n) is 3.76. The summed E-state index contributed by atoms with van der Waals surface area (Å²) in [6.45, 7) is 3.10. The molecular weight excluding hydrogens is 266 g/mol. The van der Waals surface area contributed by atoms with Gasteiger partial charge in [-0.3, -0.25) is 10.1 Å². The van der Waals surface area contributed by atoms with Gasteiger partial charge in [-0.25, -0.2) is 0 Å². The van der Waals surface area contributed by atoms with Crippen LogP contribution in [0.25, 0.3) is 0 Å². The Hall–Kier alpha value is -2.40. The second kappa shape index (κ2) is 5.93. The molecule has 2 aromatic carbocycles. The van der Waals surface area contributed by atoms with E-state index < -0.39 is 0 Å². The number of nitro benzene ring substituents is 1. The molecule has 1 N–H and O–H groups in total. The molecule has 0 bridgehead atoms. The van der Waals surface area contributed by atoms with Gasteiger partial charge in [-0.05, 0) is 11.6 Å². The van der Waals surface area contributed by atoms with Crippen LogP contribution >= 0.6 is 0 Å². The van der Waals surface area contributed by atoms with Gasteiger partial charge in [0.05, 0.1) is 4.92 Å². The summed E-state index contributed by atoms with van der Waals surface area (Å²) in [5.41, 5.74) is 3.32. The van der Waals surface area contributed by atoms with Gasteiger partial charge in [0.1, 0.15) is 0 Å². The Labute approximate surface area is 123 Å². The summed E-state index contributed by atoms with van der Waals surface area (Å²) in [5, 5.41) is 14.5. The minimum Gasteiger partial charge on any atom is -0.365 e. The topological polar surface area (TPSA) is 58.4 Å². The van der Waals surface area contributed by atoms with E-state index in [2.05, 4.69) is 22.3 Å². The molecule has 1 aliphatic heterocycles. The molecule has 1 heterocycles. The molecule has 0 saturated carbocycles. The predicted octanol–water partition coefficient (Wildman–Crippen LogP) is 2.70. The molecule has 0 aliphatic carbocycles. The zero-order valence-corrected chi connectivity index (χ0v) is 11.7. The van der Waals surface area contributed by atoms with E-state index in [1.165, 1.54) is 5.56 Å². The average molecular weight is 283 g/mol. The Balaban J connectivity index is 1.93. The second-order valence-electron chi connectivity index (χ2n) is 5.11. The zero-order chi connectivity index (χ0) is 14.7. The lowest BCUT2D eigenvalue weighted by molar-refractivity contribution is -0.385. The maximum atomic E-state index is 11.2. The van der Waals surface area contributed by atoms with Crippen LogP contribution in [0.5, 0.6) is 0 Å². The lowest BCUT2D eigenvalue weighted by Gasteiger charge is -2.24. The smallest absolute Gasteiger partial charge is 0.274 e. The van der Waals surface area contributed by atoms with E-state index in [-0.39, 0.29) is 10.6 Å². The normalized spacial score (nSPS) is 14.4. The molecule has 108 valence electrons. The van der Waals surface area contributed by atoms with Crippen molar-refractivity contribution in [2.45, 2.75) is 13.1 Å². The first-order valence-electron chi connectivity index (χ1n) is 7.01. The molecule has 3 rings (SSSR count). The highest BCUT2D eigenvalue weighted by Gasteiger charge is 2.19. The number of nitro groups is 1. The standard InChI is InChI=1S/C16H17N3O2/c20-19(21)16-8-4-2-6-14(16)12-18-10-9-17-11-13-5-1-3-7-15(13)18/h1-8,17H,9-12H2. The van der Waals surface area contributed by atoms with Gasteiger partial charge in [0.2, 0.25) is 0 Å². The van der Waals surface area contributed by atoms with E-state index in [9.17, 15) is 10.1 Å². The van der Waals surface area contributed by atoms with Crippen LogP contribution in [0.1, 0.15) is 11.1 Å². The van der Waals surface area contributed by atoms with Crippen molar-refractivity contribution in [3.63, 3.8) is 0 Å². The molecule has 0 atom stereocenters. The van der Waals surface area contributed by atoms with Gasteiger partial charge in [0.15, 0.2) is 0 Å². The van der Waals surface area contributed by atoms with Crippen molar-refractivity contribution >= 4 is 11.4 Å². The summed E-state index contributed by atoms with van der Waals surface area (Å²) in [4.78, 5) is 13.0. The minimum atomic E-state index is -0.308. The molecule has 5 heteroatoms. The third kappa shape index (κ3) is 2.87. The first-order valence-corrected chi connectivity index (χ1v) is 7.01. The molecule has 2 aromatic rings. The van der Waals surface area contributed by atoms with Crippen LogP contribution in [-0.4, -0.2) is 18.0 Å². The van der Waals surface area contributed by atoms with Crippen molar-refractivity contribution in [3.05, 3.63) is 69.8 Å². The quantitative estimate of drug-likeness (QED) is 0.695. The van der Waals surface area contributed by atoms with E-state index in [4.69, 9.17) is 0 Å². The maximum absolute atomic E-state index is 11.2. The van der Waals surface area contributed by atoms with Gasteiger partial charge < -0.3 is 10.2 Å². The molecule has 0 amide bonds. The van der Waals surface area contributed by atoms with Crippen LogP contribution in [-0.2, 0) is 13.1 Å². The molecular formula is C16H17N3O2. The van der Waals surface area contributed by atoms with Crippen LogP contribution in [0.3, 0.4) is 0 Å². The molecule has 0 saturated heterocycles. The van der Waals surface area contributed by atoms with Crippen molar-refractivity contribution < 1.29 is 4.92 Å². The Morgan fingerprint density at radius 1 is 1.14 bits per heavy atom. The lowest BCUT2D eigenvalue weighted by atomic mass is 10.1. The average Bonchev–Trinajstić information content (AvgIpc) is 2.70. The number of fused-ring (bicyclic) bond motifs is 1. The number of rotatable bonds is 3. The number of nitrogens with one attached hydrogen (secondary N) is 1. The number of anilines is 1. The van der Waals surface area contributed by atoms with Crippen LogP contribution in [0.15, 0.2) is 48.5 Å². The van der Waals surface area contributed by atoms with E-state index in [0.717, 1.165) is 30.9 Å². The van der Waals surface area contributed by atoms with E-state index in [1.807, 2.05) is 24.3 Å². The van der Waals surface area contributed by atoms with Gasteiger partial charge in [0, 0.05) is 43.5 Å². The SMILES string of the molecule is O=[N+]([O-])c1ccccc1CN1CCNCc2ccccc21. The number of para-hydroxylation sites is 2. The summed E-state index contributed by atoms with van der Waals surface area (Å²) in [6.07, 6.45) is 0. The Morgan fingerprint density at radius 2 is 1.90 bits per heavy atom. The second-order valence-corrected chi connectivity index (χ2v) is 5.11. The van der Waals surface area contributed by atoms with Crippen LogP contribution in [0, 0.1) is 10.1 Å². The van der Waals surface area contributed by atoms with Gasteiger partial charge >= 0.3 is 0 Å². The summed E-state index contributed by atoms with van der Waals surface area (Å²) >= 11 is 0. The Kier molecular flexibility index (Phi) is 3.83. The number of hydrogen-bond donors (Lipinski definition) is 1. The first kappa shape index (κ1) is 13.6. The first-order chi connectivity index (χ1) is 10.3. The highest BCUT2D eigenvalue weighted by Crippen LogP contribution is 2.26. The highest BCUT2D eigenvalue weighted by molar-refractivity contribution is 5.56. The zero-order valence-electron chi connectivity index (χ0n) is 11.7. The van der Waals surface area contributed by atoms with Crippen molar-refractivity contribution in [2.24, 2.45) is 0 Å². The van der Waals surface area contributed by atoms with Crippen LogP contribution in [0.2, 0.25) is 0 Å². The number of benzene rings is 2. The van der Waals surface area contributed by atoms with Gasteiger partial charge in [-0.15, -0.1) is 0 Å². The van der Waals surface area contributed by atoms with Crippen molar-refractivity contribution in [1.29, 1.82) is 0 Å². The number of hydrogen-bond acceptors (Lipinski definition) is 4. The monoisotopic (exact) mass is 283 g/mol. The molecule has 0 spiro atoms. The van der Waals surface area contributed by atoms with Gasteiger partial charge in [-0.1, -0.05) is 36.4 Å². The van der Waals surface area contributed by atoms with E-state index in [1.54, 1.807) is 12.1 Å². The maximum Gasteiger partial charge on any atom is 0.274 e. The molecule has 0 unspecified atom stereocenters. The van der Waals surface area contributed by atoms with E-state index in [0.29, 0.717) is 6.54 Å². The number of nitrogens with zero attached hydrogens (tertiary/aromatic N) is 2. The molecule has 1 aliphatic rings. The van der Waals surface area contributed by atoms with Crippen LogP contribution < -0.4 is 10.2 Å². The summed E-state index contributed by atoms with van der Waals surface area (Å²) in [7, 11) is 0. The van der Waals surface area contributed by atoms with Crippen molar-refractivity contribution in [2.75, 3.05) is 18.0 Å².